The van der Waals surface area contributed by atoms with E-state index >= 15 is 0 Å². The van der Waals surface area contributed by atoms with Gasteiger partial charge < -0.3 is 16.2 Å². The van der Waals surface area contributed by atoms with Gasteiger partial charge in [0.25, 0.3) is 0 Å². The zero-order chi connectivity index (χ0) is 10.7. The van der Waals surface area contributed by atoms with Crippen molar-refractivity contribution in [2.24, 2.45) is 0 Å². The van der Waals surface area contributed by atoms with Crippen LogP contribution in [0.15, 0.2) is 12.1 Å². The number of nitrogens with one attached hydrogen (secondary N) is 1. The van der Waals surface area contributed by atoms with Gasteiger partial charge in [-0.15, -0.1) is 0 Å². The number of nitrogens with two attached hydrogens (primary N) is 1. The lowest BCUT2D eigenvalue weighted by Crippen LogP contribution is -2.22. The van der Waals surface area contributed by atoms with E-state index in [1.807, 2.05) is 0 Å². The Labute approximate surface area is 80.5 Å². The van der Waals surface area contributed by atoms with Crippen molar-refractivity contribution in [3.05, 3.63) is 29.3 Å². The number of likely N-dealkylation sites (N-methyl/N-ethyl adjacent to an activating group) is 1. The molecule has 0 fully saturated rings. The van der Waals surface area contributed by atoms with Gasteiger partial charge in [-0.25, -0.2) is 8.78 Å². The number of halogens is 2. The van der Waals surface area contributed by atoms with Crippen molar-refractivity contribution in [2.75, 3.05) is 19.4 Å². The van der Waals surface area contributed by atoms with Gasteiger partial charge in [-0.1, -0.05) is 0 Å². The summed E-state index contributed by atoms with van der Waals surface area (Å²) >= 11 is 0. The minimum Gasteiger partial charge on any atom is -0.399 e. The third-order valence-electron chi connectivity index (χ3n) is 1.98. The SMILES string of the molecule is CNC(CO)c1c(F)cc(N)cc1F. The molecule has 0 aliphatic heterocycles. The van der Waals surface area contributed by atoms with Gasteiger partial charge in [0.2, 0.25) is 0 Å². The summed E-state index contributed by atoms with van der Waals surface area (Å²) in [7, 11) is 1.51. The molecule has 0 aromatic heterocycles. The van der Waals surface area contributed by atoms with Gasteiger partial charge >= 0.3 is 0 Å². The molecule has 1 aromatic carbocycles. The first-order valence-corrected chi connectivity index (χ1v) is 4.12. The summed E-state index contributed by atoms with van der Waals surface area (Å²) in [4.78, 5) is 0. The fourth-order valence-corrected chi connectivity index (χ4v) is 1.26. The van der Waals surface area contributed by atoms with Crippen LogP contribution >= 0.6 is 0 Å². The van der Waals surface area contributed by atoms with Gasteiger partial charge in [0.05, 0.1) is 12.6 Å². The quantitative estimate of drug-likeness (QED) is 0.635. The number of hydrogen-bond donors (Lipinski definition) is 3. The number of nitrogen functional groups attached to an aromatic ring is 1. The molecular formula is C9H12F2N2O. The predicted octanol–water partition coefficient (Wildman–Crippen LogP) is 0.800. The minimum atomic E-state index is -0.754. The lowest BCUT2D eigenvalue weighted by Gasteiger charge is -2.15. The topological polar surface area (TPSA) is 58.3 Å². The molecule has 0 saturated carbocycles. The van der Waals surface area contributed by atoms with E-state index in [1.165, 1.54) is 7.05 Å². The van der Waals surface area contributed by atoms with E-state index in [9.17, 15) is 8.78 Å². The Bertz CT molecular complexity index is 304. The standard InChI is InChI=1S/C9H12F2N2O/c1-13-8(4-14)9-6(10)2-5(12)3-7(9)11/h2-3,8,13-14H,4,12H2,1H3. The molecule has 14 heavy (non-hydrogen) atoms. The lowest BCUT2D eigenvalue weighted by atomic mass is 10.1. The molecule has 1 rings (SSSR count). The first-order chi connectivity index (χ1) is 6.60. The lowest BCUT2D eigenvalue weighted by molar-refractivity contribution is 0.244. The van der Waals surface area contributed by atoms with E-state index in [1.54, 1.807) is 0 Å². The summed E-state index contributed by atoms with van der Waals surface area (Å²) in [5.74, 6) is -1.51. The Morgan fingerprint density at radius 1 is 1.43 bits per heavy atom. The Morgan fingerprint density at radius 2 is 1.93 bits per heavy atom. The van der Waals surface area contributed by atoms with Crippen molar-refractivity contribution < 1.29 is 13.9 Å². The van der Waals surface area contributed by atoms with Crippen LogP contribution in [-0.2, 0) is 0 Å². The van der Waals surface area contributed by atoms with E-state index in [-0.39, 0.29) is 17.9 Å². The highest BCUT2D eigenvalue weighted by Gasteiger charge is 2.18. The van der Waals surface area contributed by atoms with Gasteiger partial charge in [0.1, 0.15) is 11.6 Å². The molecule has 0 radical (unpaired) electrons. The molecule has 0 aliphatic rings. The van der Waals surface area contributed by atoms with Crippen LogP contribution in [0.2, 0.25) is 0 Å². The molecule has 1 unspecified atom stereocenters. The van der Waals surface area contributed by atoms with Crippen molar-refractivity contribution >= 4 is 5.69 Å². The second kappa shape index (κ2) is 4.34. The summed E-state index contributed by atoms with van der Waals surface area (Å²) in [6, 6.07) is 1.30. The molecule has 0 amide bonds. The molecular weight excluding hydrogens is 190 g/mol. The summed E-state index contributed by atoms with van der Waals surface area (Å²) in [6.45, 7) is -0.381. The monoisotopic (exact) mass is 202 g/mol. The zero-order valence-corrected chi connectivity index (χ0v) is 7.72. The highest BCUT2D eigenvalue weighted by molar-refractivity contribution is 5.42. The highest BCUT2D eigenvalue weighted by Crippen LogP contribution is 2.22. The summed E-state index contributed by atoms with van der Waals surface area (Å²) < 4.78 is 26.5. The van der Waals surface area contributed by atoms with Crippen LogP contribution in [-0.4, -0.2) is 18.8 Å². The Kier molecular flexibility index (Phi) is 3.38. The Balaban J connectivity index is 3.19. The maximum atomic E-state index is 13.3. The number of benzene rings is 1. The van der Waals surface area contributed by atoms with Crippen LogP contribution in [0.1, 0.15) is 11.6 Å². The molecule has 3 nitrogen and oxygen atoms in total. The summed E-state index contributed by atoms with van der Waals surface area (Å²) in [5.41, 5.74) is 5.08. The van der Waals surface area contributed by atoms with Gasteiger partial charge in [-0.3, -0.25) is 0 Å². The maximum Gasteiger partial charge on any atom is 0.133 e. The van der Waals surface area contributed by atoms with Crippen LogP contribution in [0, 0.1) is 11.6 Å². The average Bonchev–Trinajstić information content (AvgIpc) is 2.10. The normalized spacial score (nSPS) is 12.9. The van der Waals surface area contributed by atoms with Crippen molar-refractivity contribution in [3.8, 4) is 0 Å². The molecule has 0 aliphatic carbocycles. The zero-order valence-electron chi connectivity index (χ0n) is 7.72. The second-order valence-electron chi connectivity index (χ2n) is 2.92. The number of aliphatic hydroxyl groups excluding tert-OH is 1. The van der Waals surface area contributed by atoms with Crippen LogP contribution in [0.3, 0.4) is 0 Å². The van der Waals surface area contributed by atoms with Crippen molar-refractivity contribution in [3.63, 3.8) is 0 Å². The number of anilines is 1. The van der Waals surface area contributed by atoms with E-state index in [4.69, 9.17) is 10.8 Å². The van der Waals surface area contributed by atoms with Gasteiger partial charge in [-0.2, -0.15) is 0 Å². The van der Waals surface area contributed by atoms with E-state index in [2.05, 4.69) is 5.32 Å². The summed E-state index contributed by atoms with van der Waals surface area (Å²) in [6.07, 6.45) is 0. The maximum absolute atomic E-state index is 13.3. The van der Waals surface area contributed by atoms with Gasteiger partial charge in [0.15, 0.2) is 0 Å². The molecule has 0 bridgehead atoms. The average molecular weight is 202 g/mol. The largest absolute Gasteiger partial charge is 0.399 e. The van der Waals surface area contributed by atoms with Crippen LogP contribution in [0.25, 0.3) is 0 Å². The first kappa shape index (κ1) is 10.9. The number of aliphatic hydroxyl groups is 1. The Hall–Kier alpha value is -1.20. The van der Waals surface area contributed by atoms with Crippen molar-refractivity contribution in [1.82, 2.24) is 5.32 Å². The third-order valence-corrected chi connectivity index (χ3v) is 1.98. The number of rotatable bonds is 3. The van der Waals surface area contributed by atoms with Gasteiger partial charge in [0, 0.05) is 11.3 Å². The van der Waals surface area contributed by atoms with Crippen molar-refractivity contribution in [2.45, 2.75) is 6.04 Å². The highest BCUT2D eigenvalue weighted by atomic mass is 19.1. The third kappa shape index (κ3) is 2.00. The molecule has 1 aromatic rings. The molecule has 1 atom stereocenters. The molecule has 0 saturated heterocycles. The molecule has 78 valence electrons. The minimum absolute atomic E-state index is 0.0246. The van der Waals surface area contributed by atoms with Crippen LogP contribution in [0.5, 0.6) is 0 Å². The Morgan fingerprint density at radius 3 is 2.29 bits per heavy atom. The molecule has 0 spiro atoms. The van der Waals surface area contributed by atoms with Crippen LogP contribution in [0.4, 0.5) is 14.5 Å². The van der Waals surface area contributed by atoms with E-state index in [0.717, 1.165) is 12.1 Å². The second-order valence-corrected chi connectivity index (χ2v) is 2.92. The first-order valence-electron chi connectivity index (χ1n) is 4.12. The van der Waals surface area contributed by atoms with Gasteiger partial charge in [-0.05, 0) is 19.2 Å². The molecule has 4 N–H and O–H groups in total. The fourth-order valence-electron chi connectivity index (χ4n) is 1.26. The molecule has 0 heterocycles. The van der Waals surface area contributed by atoms with Crippen molar-refractivity contribution in [1.29, 1.82) is 0 Å². The number of hydrogen-bond acceptors (Lipinski definition) is 3. The van der Waals surface area contributed by atoms with E-state index < -0.39 is 17.7 Å². The summed E-state index contributed by atoms with van der Waals surface area (Å²) in [5, 5.41) is 11.5. The molecule has 5 heteroatoms. The fraction of sp³-hybridized carbons (Fsp3) is 0.333. The van der Waals surface area contributed by atoms with Crippen LogP contribution < -0.4 is 11.1 Å². The predicted molar refractivity (Wildman–Crippen MR) is 49.7 cm³/mol. The van der Waals surface area contributed by atoms with E-state index in [0.29, 0.717) is 0 Å². The smallest absolute Gasteiger partial charge is 0.133 e.